The summed E-state index contributed by atoms with van der Waals surface area (Å²) in [6.07, 6.45) is 3.65. The average molecular weight is 310 g/mol. The van der Waals surface area contributed by atoms with Crippen molar-refractivity contribution in [1.82, 2.24) is 15.2 Å². The summed E-state index contributed by atoms with van der Waals surface area (Å²) < 4.78 is 0.891. The van der Waals surface area contributed by atoms with Gasteiger partial charge in [0.05, 0.1) is 0 Å². The number of aromatic amines is 1. The molecule has 0 radical (unpaired) electrons. The first-order valence-corrected chi connectivity index (χ1v) is 6.73. The predicted molar refractivity (Wildman–Crippen MR) is 69.0 cm³/mol. The molecule has 0 aromatic carbocycles. The van der Waals surface area contributed by atoms with Crippen LogP contribution in [0, 0.1) is 0 Å². The molecule has 4 N–H and O–H groups in total. The van der Waals surface area contributed by atoms with Crippen LogP contribution in [0.5, 0.6) is 0 Å². The van der Waals surface area contributed by atoms with Crippen LogP contribution < -0.4 is 11.1 Å². The Morgan fingerprint density at radius 2 is 2.44 bits per heavy atom. The number of aromatic nitrogens is 1. The van der Waals surface area contributed by atoms with E-state index in [2.05, 4.69) is 31.2 Å². The number of rotatable bonds is 0. The second kappa shape index (κ2) is 3.09. The van der Waals surface area contributed by atoms with Crippen molar-refractivity contribution in [3.05, 3.63) is 21.9 Å². The van der Waals surface area contributed by atoms with Crippen molar-refractivity contribution in [3.63, 3.8) is 0 Å². The number of nitrogens with zero attached hydrogens (tertiary/aromatic N) is 2. The smallest absolute Gasteiger partial charge is 0.272 e. The molecule has 3 aliphatic rings. The molecule has 0 saturated carbocycles. The third-order valence-corrected chi connectivity index (χ3v) is 4.74. The highest BCUT2D eigenvalue weighted by molar-refractivity contribution is 9.10. The topological polar surface area (TPSA) is 86.5 Å². The summed E-state index contributed by atoms with van der Waals surface area (Å²) in [4.78, 5) is 21.9. The number of carbonyl (C=O) groups excluding carboxylic acids is 1. The fraction of sp³-hybridized carbons (Fsp3) is 0.455. The van der Waals surface area contributed by atoms with Crippen molar-refractivity contribution in [2.24, 2.45) is 10.7 Å². The molecule has 3 aliphatic heterocycles. The first-order chi connectivity index (χ1) is 8.63. The lowest BCUT2D eigenvalue weighted by Gasteiger charge is -2.42. The van der Waals surface area contributed by atoms with Gasteiger partial charge in [0.2, 0.25) is 0 Å². The van der Waals surface area contributed by atoms with Crippen LogP contribution in [0.3, 0.4) is 0 Å². The monoisotopic (exact) mass is 309 g/mol. The van der Waals surface area contributed by atoms with E-state index >= 15 is 0 Å². The van der Waals surface area contributed by atoms with Crippen LogP contribution in [0.25, 0.3) is 0 Å². The lowest BCUT2D eigenvalue weighted by atomic mass is 9.88. The van der Waals surface area contributed by atoms with Gasteiger partial charge in [0.15, 0.2) is 5.96 Å². The SMILES string of the molecule is NC1=N[C@@H]2c3c(Br)c[nH]c3C(=O)N3CCCC23N1. The van der Waals surface area contributed by atoms with Gasteiger partial charge < -0.3 is 20.9 Å². The first kappa shape index (κ1) is 10.4. The van der Waals surface area contributed by atoms with Crippen molar-refractivity contribution >= 4 is 27.8 Å². The number of amides is 1. The Hall–Kier alpha value is -1.50. The minimum atomic E-state index is -0.446. The van der Waals surface area contributed by atoms with Crippen LogP contribution in [-0.2, 0) is 0 Å². The molecule has 94 valence electrons. The van der Waals surface area contributed by atoms with Crippen LogP contribution in [0.1, 0.15) is 34.9 Å². The molecule has 1 fully saturated rings. The highest BCUT2D eigenvalue weighted by Crippen LogP contribution is 2.49. The van der Waals surface area contributed by atoms with Crippen molar-refractivity contribution in [3.8, 4) is 0 Å². The van der Waals surface area contributed by atoms with Gasteiger partial charge in [-0.3, -0.25) is 4.79 Å². The summed E-state index contributed by atoms with van der Waals surface area (Å²) in [6.45, 7) is 0.751. The molecule has 6 nitrogen and oxygen atoms in total. The number of aliphatic imine (C=N–C) groups is 1. The third kappa shape index (κ3) is 0.996. The molecule has 0 bridgehead atoms. The van der Waals surface area contributed by atoms with Gasteiger partial charge in [0.1, 0.15) is 17.4 Å². The Labute approximate surface area is 112 Å². The van der Waals surface area contributed by atoms with E-state index in [-0.39, 0.29) is 11.9 Å². The lowest BCUT2D eigenvalue weighted by Crippen LogP contribution is -2.61. The zero-order valence-electron chi connectivity index (χ0n) is 9.53. The fourth-order valence-corrected chi connectivity index (χ4v) is 3.93. The Bertz CT molecular complexity index is 594. The molecule has 4 heterocycles. The molecule has 1 spiro atoms. The van der Waals surface area contributed by atoms with Crippen molar-refractivity contribution < 1.29 is 4.79 Å². The van der Waals surface area contributed by atoms with E-state index in [0.29, 0.717) is 11.7 Å². The Morgan fingerprint density at radius 3 is 3.28 bits per heavy atom. The van der Waals surface area contributed by atoms with Crippen LogP contribution in [0.15, 0.2) is 15.7 Å². The number of nitrogens with two attached hydrogens (primary N) is 1. The normalized spacial score (nSPS) is 32.7. The van der Waals surface area contributed by atoms with E-state index in [9.17, 15) is 4.79 Å². The first-order valence-electron chi connectivity index (χ1n) is 5.94. The number of fused-ring (bicyclic) bond motifs is 2. The molecule has 1 amide bonds. The van der Waals surface area contributed by atoms with E-state index < -0.39 is 5.66 Å². The second-order valence-electron chi connectivity index (χ2n) is 4.95. The summed E-state index contributed by atoms with van der Waals surface area (Å²) in [5.41, 5.74) is 6.95. The number of H-pyrrole nitrogens is 1. The number of halogens is 1. The number of carbonyl (C=O) groups is 1. The predicted octanol–water partition coefficient (Wildman–Crippen LogP) is 0.682. The van der Waals surface area contributed by atoms with Gasteiger partial charge in [-0.05, 0) is 28.8 Å². The minimum absolute atomic E-state index is 0.0295. The zero-order chi connectivity index (χ0) is 12.5. The maximum absolute atomic E-state index is 12.5. The minimum Gasteiger partial charge on any atom is -0.370 e. The summed E-state index contributed by atoms with van der Waals surface area (Å²) in [6, 6.07) is -0.117. The van der Waals surface area contributed by atoms with Gasteiger partial charge in [-0.2, -0.15) is 0 Å². The van der Waals surface area contributed by atoms with Crippen LogP contribution in [0.2, 0.25) is 0 Å². The molecule has 4 rings (SSSR count). The van der Waals surface area contributed by atoms with Crippen molar-refractivity contribution in [2.75, 3.05) is 6.54 Å². The summed E-state index contributed by atoms with van der Waals surface area (Å²) in [5.74, 6) is 0.447. The molecular weight excluding hydrogens is 298 g/mol. The van der Waals surface area contributed by atoms with Crippen molar-refractivity contribution in [1.29, 1.82) is 0 Å². The maximum Gasteiger partial charge on any atom is 0.272 e. The Kier molecular flexibility index (Phi) is 1.79. The van der Waals surface area contributed by atoms with Crippen LogP contribution in [-0.4, -0.2) is 34.0 Å². The zero-order valence-corrected chi connectivity index (χ0v) is 11.1. The van der Waals surface area contributed by atoms with E-state index in [4.69, 9.17) is 5.73 Å². The largest absolute Gasteiger partial charge is 0.370 e. The highest BCUT2D eigenvalue weighted by atomic mass is 79.9. The molecule has 1 aromatic rings. The summed E-state index contributed by atoms with van der Waals surface area (Å²) in [5, 5.41) is 3.22. The number of guanidine groups is 1. The number of hydrogen-bond acceptors (Lipinski definition) is 4. The Morgan fingerprint density at radius 1 is 1.61 bits per heavy atom. The molecule has 1 saturated heterocycles. The summed E-state index contributed by atoms with van der Waals surface area (Å²) in [7, 11) is 0. The average Bonchev–Trinajstić information content (AvgIpc) is 2.97. The van der Waals surface area contributed by atoms with E-state index in [1.54, 1.807) is 6.20 Å². The van der Waals surface area contributed by atoms with Crippen LogP contribution >= 0.6 is 15.9 Å². The van der Waals surface area contributed by atoms with Gasteiger partial charge in [0.25, 0.3) is 5.91 Å². The van der Waals surface area contributed by atoms with Gasteiger partial charge in [-0.15, -0.1) is 0 Å². The second-order valence-corrected chi connectivity index (χ2v) is 5.81. The van der Waals surface area contributed by atoms with Gasteiger partial charge >= 0.3 is 0 Å². The van der Waals surface area contributed by atoms with Crippen LogP contribution in [0.4, 0.5) is 0 Å². The molecule has 1 unspecified atom stereocenters. The van der Waals surface area contributed by atoms with Gasteiger partial charge in [-0.1, -0.05) is 0 Å². The van der Waals surface area contributed by atoms with Gasteiger partial charge in [-0.25, -0.2) is 4.99 Å². The maximum atomic E-state index is 12.5. The van der Waals surface area contributed by atoms with E-state index in [0.717, 1.165) is 29.4 Å². The molecule has 2 atom stereocenters. The number of hydrogen-bond donors (Lipinski definition) is 3. The van der Waals surface area contributed by atoms with Gasteiger partial charge in [0, 0.05) is 22.8 Å². The number of nitrogens with one attached hydrogen (secondary N) is 2. The van der Waals surface area contributed by atoms with E-state index in [1.807, 2.05) is 4.90 Å². The Balaban J connectivity index is 1.99. The van der Waals surface area contributed by atoms with E-state index in [1.165, 1.54) is 0 Å². The molecule has 7 heteroatoms. The summed E-state index contributed by atoms with van der Waals surface area (Å²) >= 11 is 3.49. The molecule has 18 heavy (non-hydrogen) atoms. The lowest BCUT2D eigenvalue weighted by molar-refractivity contribution is 0.0464. The standard InChI is InChI=1S/C11H12BrN5O/c12-5-4-14-7-6(5)8-11(16-10(13)15-8)2-1-3-17(11)9(7)18/h4,8,14H,1-3H2,(H3,13,15,16)/t8-,11?/m1/s1. The fourth-order valence-electron chi connectivity index (χ4n) is 3.40. The third-order valence-electron chi connectivity index (χ3n) is 4.09. The highest BCUT2D eigenvalue weighted by Gasteiger charge is 2.58. The van der Waals surface area contributed by atoms with Crippen molar-refractivity contribution in [2.45, 2.75) is 24.5 Å². The quantitative estimate of drug-likeness (QED) is 0.659. The molecular formula is C11H12BrN5O. The molecule has 1 aromatic heterocycles. The molecule has 0 aliphatic carbocycles.